The minimum absolute atomic E-state index is 0.0385. The van der Waals surface area contributed by atoms with Crippen LogP contribution in [0.2, 0.25) is 0 Å². The predicted molar refractivity (Wildman–Crippen MR) is 90.2 cm³/mol. The van der Waals surface area contributed by atoms with Gasteiger partial charge in [0.1, 0.15) is 5.76 Å². The molecule has 0 radical (unpaired) electrons. The second-order valence-corrected chi connectivity index (χ2v) is 7.44. The number of furan rings is 1. The van der Waals surface area contributed by atoms with Crippen molar-refractivity contribution in [3.05, 3.63) is 46.5 Å². The molecule has 2 amide bonds. The molecule has 2 aromatic heterocycles. The van der Waals surface area contributed by atoms with Crippen molar-refractivity contribution in [1.82, 2.24) is 9.80 Å². The van der Waals surface area contributed by atoms with E-state index in [0.717, 1.165) is 25.1 Å². The average molecular weight is 344 g/mol. The van der Waals surface area contributed by atoms with Crippen LogP contribution in [0.3, 0.4) is 0 Å². The summed E-state index contributed by atoms with van der Waals surface area (Å²) in [7, 11) is 0. The van der Waals surface area contributed by atoms with E-state index in [4.69, 9.17) is 4.42 Å². The zero-order valence-corrected chi connectivity index (χ0v) is 14.2. The first-order valence-corrected chi connectivity index (χ1v) is 9.24. The number of amides is 2. The second kappa shape index (κ2) is 6.43. The molecule has 0 N–H and O–H groups in total. The Morgan fingerprint density at radius 2 is 2.25 bits per heavy atom. The minimum Gasteiger partial charge on any atom is -0.467 e. The third-order valence-corrected chi connectivity index (χ3v) is 5.87. The molecule has 5 nitrogen and oxygen atoms in total. The molecule has 0 unspecified atom stereocenters. The van der Waals surface area contributed by atoms with E-state index in [-0.39, 0.29) is 23.8 Å². The van der Waals surface area contributed by atoms with E-state index in [1.54, 1.807) is 22.5 Å². The van der Waals surface area contributed by atoms with Crippen molar-refractivity contribution >= 4 is 23.2 Å². The van der Waals surface area contributed by atoms with Gasteiger partial charge in [-0.15, -0.1) is 11.3 Å². The van der Waals surface area contributed by atoms with Gasteiger partial charge >= 0.3 is 0 Å². The van der Waals surface area contributed by atoms with E-state index >= 15 is 0 Å². The smallest absolute Gasteiger partial charge is 0.228 e. The molecule has 126 valence electrons. The zero-order valence-electron chi connectivity index (χ0n) is 13.4. The number of likely N-dealkylation sites (tertiary alicyclic amines) is 2. The van der Waals surface area contributed by atoms with Crippen molar-refractivity contribution in [2.24, 2.45) is 5.92 Å². The maximum absolute atomic E-state index is 13.0. The van der Waals surface area contributed by atoms with E-state index in [1.807, 2.05) is 23.1 Å². The maximum atomic E-state index is 13.0. The fourth-order valence-electron chi connectivity index (χ4n) is 3.72. The molecule has 2 saturated heterocycles. The van der Waals surface area contributed by atoms with Gasteiger partial charge in [0.15, 0.2) is 0 Å². The van der Waals surface area contributed by atoms with Crippen LogP contribution in [0, 0.1) is 5.92 Å². The summed E-state index contributed by atoms with van der Waals surface area (Å²) in [5, 5.41) is 2.06. The average Bonchev–Trinajstić information content (AvgIpc) is 3.36. The molecule has 0 aliphatic carbocycles. The van der Waals surface area contributed by atoms with Crippen molar-refractivity contribution in [2.45, 2.75) is 31.8 Å². The first-order chi connectivity index (χ1) is 11.7. The van der Waals surface area contributed by atoms with Gasteiger partial charge in [-0.25, -0.2) is 0 Å². The Balaban J connectivity index is 1.44. The Labute approximate surface area is 144 Å². The number of hydrogen-bond donors (Lipinski definition) is 0. The van der Waals surface area contributed by atoms with Gasteiger partial charge in [-0.3, -0.25) is 9.59 Å². The molecule has 0 bridgehead atoms. The first-order valence-electron chi connectivity index (χ1n) is 8.36. The van der Waals surface area contributed by atoms with Crippen LogP contribution in [0.25, 0.3) is 0 Å². The summed E-state index contributed by atoms with van der Waals surface area (Å²) in [4.78, 5) is 30.2. The Hall–Kier alpha value is -2.08. The fraction of sp³-hybridized carbons (Fsp3) is 0.444. The summed E-state index contributed by atoms with van der Waals surface area (Å²) in [6, 6.07) is 7.99. The van der Waals surface area contributed by atoms with Crippen LogP contribution in [0.15, 0.2) is 40.3 Å². The highest BCUT2D eigenvalue weighted by molar-refractivity contribution is 7.10. The number of hydrogen-bond acceptors (Lipinski definition) is 4. The van der Waals surface area contributed by atoms with Crippen LogP contribution in [0.4, 0.5) is 0 Å². The largest absolute Gasteiger partial charge is 0.467 e. The van der Waals surface area contributed by atoms with E-state index in [1.165, 1.54) is 4.88 Å². The molecule has 4 rings (SSSR count). The molecule has 0 aromatic carbocycles. The van der Waals surface area contributed by atoms with Crippen molar-refractivity contribution in [1.29, 1.82) is 0 Å². The van der Waals surface area contributed by atoms with Crippen LogP contribution < -0.4 is 0 Å². The lowest BCUT2D eigenvalue weighted by molar-refractivity contribution is -0.136. The van der Waals surface area contributed by atoms with E-state index in [0.29, 0.717) is 19.5 Å². The summed E-state index contributed by atoms with van der Waals surface area (Å²) < 4.78 is 5.32. The summed E-state index contributed by atoms with van der Waals surface area (Å²) in [5.41, 5.74) is 0. The van der Waals surface area contributed by atoms with Crippen molar-refractivity contribution in [3.63, 3.8) is 0 Å². The Kier molecular flexibility index (Phi) is 4.14. The summed E-state index contributed by atoms with van der Waals surface area (Å²) in [5.74, 6) is 0.694. The Morgan fingerprint density at radius 3 is 3.00 bits per heavy atom. The number of carbonyl (C=O) groups excluding carboxylic acids is 2. The number of carbonyl (C=O) groups is 2. The predicted octanol–water partition coefficient (Wildman–Crippen LogP) is 3.05. The Morgan fingerprint density at radius 1 is 1.33 bits per heavy atom. The number of nitrogens with zero attached hydrogens (tertiary/aromatic N) is 2. The summed E-state index contributed by atoms with van der Waals surface area (Å²) in [6.45, 7) is 1.74. The lowest BCUT2D eigenvalue weighted by Gasteiger charge is -2.26. The number of thiophene rings is 1. The van der Waals surface area contributed by atoms with E-state index < -0.39 is 0 Å². The third kappa shape index (κ3) is 2.86. The summed E-state index contributed by atoms with van der Waals surface area (Å²) >= 11 is 1.70. The van der Waals surface area contributed by atoms with Crippen molar-refractivity contribution < 1.29 is 14.0 Å². The highest BCUT2D eigenvalue weighted by atomic mass is 32.1. The van der Waals surface area contributed by atoms with Crippen LogP contribution in [0.1, 0.15) is 35.9 Å². The van der Waals surface area contributed by atoms with Crippen molar-refractivity contribution in [2.75, 3.05) is 13.1 Å². The Bertz CT molecular complexity index is 711. The van der Waals surface area contributed by atoms with Gasteiger partial charge in [0, 0.05) is 24.4 Å². The van der Waals surface area contributed by atoms with Crippen molar-refractivity contribution in [3.8, 4) is 0 Å². The zero-order chi connectivity index (χ0) is 16.5. The highest BCUT2D eigenvalue weighted by Crippen LogP contribution is 2.36. The van der Waals surface area contributed by atoms with Gasteiger partial charge in [0.25, 0.3) is 0 Å². The van der Waals surface area contributed by atoms with E-state index in [2.05, 4.69) is 11.4 Å². The molecule has 2 aliphatic rings. The van der Waals surface area contributed by atoms with Gasteiger partial charge in [0.2, 0.25) is 11.8 Å². The minimum atomic E-state index is -0.229. The number of rotatable bonds is 4. The molecular weight excluding hydrogens is 324 g/mol. The molecule has 2 aliphatic heterocycles. The molecule has 2 atom stereocenters. The van der Waals surface area contributed by atoms with Gasteiger partial charge in [-0.1, -0.05) is 6.07 Å². The highest BCUT2D eigenvalue weighted by Gasteiger charge is 2.40. The standard InChI is InChI=1S/C18H20N2O3S/c21-17-10-13(11-19(17)12-14-4-2-8-23-14)18(22)20-7-1-5-15(20)16-6-3-9-24-16/h2-4,6,8-9,13,15H,1,5,7,10-12H2/t13-,15-/m0/s1. The molecule has 2 aromatic rings. The van der Waals surface area contributed by atoms with Gasteiger partial charge in [-0.05, 0) is 36.4 Å². The van der Waals surface area contributed by atoms with E-state index in [9.17, 15) is 9.59 Å². The molecule has 6 heteroatoms. The van der Waals surface area contributed by atoms with Crippen LogP contribution in [-0.2, 0) is 16.1 Å². The van der Waals surface area contributed by atoms with Gasteiger partial charge in [-0.2, -0.15) is 0 Å². The topological polar surface area (TPSA) is 53.8 Å². The molecule has 2 fully saturated rings. The summed E-state index contributed by atoms with van der Waals surface area (Å²) in [6.07, 6.45) is 3.97. The van der Waals surface area contributed by atoms with Gasteiger partial charge in [0.05, 0.1) is 24.8 Å². The lowest BCUT2D eigenvalue weighted by atomic mass is 10.1. The second-order valence-electron chi connectivity index (χ2n) is 6.46. The SMILES string of the molecule is O=C1C[C@H](C(=O)N2CCC[C@H]2c2cccs2)CN1Cc1ccco1. The normalized spacial score (nSPS) is 24.1. The maximum Gasteiger partial charge on any atom is 0.228 e. The first kappa shape index (κ1) is 15.4. The molecular formula is C18H20N2O3S. The third-order valence-electron chi connectivity index (χ3n) is 4.90. The quantitative estimate of drug-likeness (QED) is 0.856. The lowest BCUT2D eigenvalue weighted by Crippen LogP contribution is -2.36. The van der Waals surface area contributed by atoms with Gasteiger partial charge < -0.3 is 14.2 Å². The molecule has 0 spiro atoms. The molecule has 4 heterocycles. The van der Waals surface area contributed by atoms with Crippen LogP contribution in [0.5, 0.6) is 0 Å². The molecule has 0 saturated carbocycles. The van der Waals surface area contributed by atoms with Crippen LogP contribution >= 0.6 is 11.3 Å². The fourth-order valence-corrected chi connectivity index (χ4v) is 4.60. The van der Waals surface area contributed by atoms with Crippen LogP contribution in [-0.4, -0.2) is 34.7 Å². The monoisotopic (exact) mass is 344 g/mol. The molecule has 24 heavy (non-hydrogen) atoms.